The number of aldehydes is 1. The summed E-state index contributed by atoms with van der Waals surface area (Å²) in [4.78, 5) is 19.6. The fraction of sp³-hybridized carbons (Fsp3) is 0.0667. The van der Waals surface area contributed by atoms with Crippen molar-refractivity contribution in [1.29, 1.82) is 0 Å². The number of imidazole rings is 1. The second-order valence-corrected chi connectivity index (χ2v) is 5.21. The molecule has 0 saturated carbocycles. The second-order valence-electron chi connectivity index (χ2n) is 4.18. The Hall–Kier alpha value is -2.27. The average Bonchev–Trinajstić information content (AvgIpc) is 2.89. The van der Waals surface area contributed by atoms with Crippen LogP contribution in [0.1, 0.15) is 10.4 Å². The van der Waals surface area contributed by atoms with Crippen LogP contribution >= 0.6 is 11.8 Å². The van der Waals surface area contributed by atoms with Gasteiger partial charge >= 0.3 is 0 Å². The summed E-state index contributed by atoms with van der Waals surface area (Å²) >= 11 is 1.44. The predicted octanol–water partition coefficient (Wildman–Crippen LogP) is 3.54. The summed E-state index contributed by atoms with van der Waals surface area (Å²) in [6.07, 6.45) is 0.855. The number of fused-ring (bicyclic) bond motifs is 1. The number of methoxy groups -OCH3 is 1. The van der Waals surface area contributed by atoms with Gasteiger partial charge in [-0.2, -0.15) is 0 Å². The van der Waals surface area contributed by atoms with Gasteiger partial charge in [0.1, 0.15) is 5.75 Å². The highest BCUT2D eigenvalue weighted by Gasteiger charge is 2.08. The maximum absolute atomic E-state index is 11.0. The molecule has 3 rings (SSSR count). The molecule has 0 amide bonds. The number of aromatic amines is 1. The van der Waals surface area contributed by atoms with Gasteiger partial charge in [0.15, 0.2) is 11.4 Å². The molecule has 0 spiro atoms. The van der Waals surface area contributed by atoms with E-state index in [0.29, 0.717) is 5.56 Å². The van der Waals surface area contributed by atoms with E-state index < -0.39 is 0 Å². The van der Waals surface area contributed by atoms with E-state index in [-0.39, 0.29) is 0 Å². The Morgan fingerprint density at radius 1 is 1.25 bits per heavy atom. The fourth-order valence-corrected chi connectivity index (χ4v) is 2.81. The molecule has 2 aromatic carbocycles. The van der Waals surface area contributed by atoms with Gasteiger partial charge in [-0.25, -0.2) is 4.98 Å². The zero-order valence-electron chi connectivity index (χ0n) is 10.8. The molecule has 100 valence electrons. The van der Waals surface area contributed by atoms with Crippen molar-refractivity contribution in [2.24, 2.45) is 0 Å². The van der Waals surface area contributed by atoms with Gasteiger partial charge in [-0.15, -0.1) is 0 Å². The van der Waals surface area contributed by atoms with Crippen molar-refractivity contribution in [3.05, 3.63) is 48.0 Å². The van der Waals surface area contributed by atoms with Crippen molar-refractivity contribution in [2.75, 3.05) is 7.11 Å². The van der Waals surface area contributed by atoms with Crippen molar-refractivity contribution in [3.8, 4) is 5.75 Å². The first-order valence-corrected chi connectivity index (χ1v) is 6.87. The summed E-state index contributed by atoms with van der Waals surface area (Å²) in [6, 6.07) is 13.1. The Morgan fingerprint density at radius 2 is 2.10 bits per heavy atom. The maximum atomic E-state index is 11.0. The van der Waals surface area contributed by atoms with Gasteiger partial charge in [0, 0.05) is 16.5 Å². The molecule has 4 nitrogen and oxygen atoms in total. The Balaban J connectivity index is 1.96. The van der Waals surface area contributed by atoms with Crippen LogP contribution in [0.15, 0.2) is 52.5 Å². The summed E-state index contributed by atoms with van der Waals surface area (Å²) in [7, 11) is 1.63. The number of H-pyrrole nitrogens is 1. The lowest BCUT2D eigenvalue weighted by molar-refractivity contribution is 0.112. The zero-order chi connectivity index (χ0) is 13.9. The van der Waals surface area contributed by atoms with Crippen molar-refractivity contribution < 1.29 is 9.53 Å². The molecule has 0 aliphatic carbocycles. The number of carbonyl (C=O) groups excluding carboxylic acids is 1. The highest BCUT2D eigenvalue weighted by molar-refractivity contribution is 7.99. The first-order chi connectivity index (χ1) is 9.80. The van der Waals surface area contributed by atoms with E-state index in [1.165, 1.54) is 11.8 Å². The Bertz CT molecular complexity index is 767. The lowest BCUT2D eigenvalue weighted by Crippen LogP contribution is -1.84. The summed E-state index contributed by atoms with van der Waals surface area (Å²) in [5.41, 5.74) is 2.45. The number of carbonyl (C=O) groups is 1. The lowest BCUT2D eigenvalue weighted by Gasteiger charge is -2.00. The molecule has 0 bridgehead atoms. The number of hydrogen-bond donors (Lipinski definition) is 1. The van der Waals surface area contributed by atoms with Crippen LogP contribution in [-0.2, 0) is 0 Å². The summed E-state index contributed by atoms with van der Waals surface area (Å²) in [6.45, 7) is 0. The molecule has 5 heteroatoms. The fourth-order valence-electron chi connectivity index (χ4n) is 1.92. The minimum absolute atomic E-state index is 0.663. The van der Waals surface area contributed by atoms with Gasteiger partial charge in [-0.05, 0) is 18.2 Å². The van der Waals surface area contributed by atoms with Crippen LogP contribution in [0.4, 0.5) is 0 Å². The molecule has 20 heavy (non-hydrogen) atoms. The van der Waals surface area contributed by atoms with Crippen LogP contribution in [0, 0.1) is 0 Å². The zero-order valence-corrected chi connectivity index (χ0v) is 11.6. The molecule has 3 aromatic rings. The van der Waals surface area contributed by atoms with Crippen LogP contribution in [0.25, 0.3) is 11.0 Å². The van der Waals surface area contributed by atoms with Crippen LogP contribution in [0.3, 0.4) is 0 Å². The van der Waals surface area contributed by atoms with E-state index in [4.69, 9.17) is 4.74 Å². The quantitative estimate of drug-likeness (QED) is 0.745. The van der Waals surface area contributed by atoms with Crippen molar-refractivity contribution in [1.82, 2.24) is 9.97 Å². The number of benzene rings is 2. The topological polar surface area (TPSA) is 55.0 Å². The van der Waals surface area contributed by atoms with Gasteiger partial charge in [0.25, 0.3) is 0 Å². The van der Waals surface area contributed by atoms with Crippen LogP contribution < -0.4 is 4.74 Å². The van der Waals surface area contributed by atoms with Gasteiger partial charge in [0.05, 0.1) is 18.1 Å². The second kappa shape index (κ2) is 5.38. The van der Waals surface area contributed by atoms with E-state index in [9.17, 15) is 4.79 Å². The molecule has 0 unspecified atom stereocenters. The largest absolute Gasteiger partial charge is 0.497 e. The van der Waals surface area contributed by atoms with Crippen LogP contribution in [-0.4, -0.2) is 23.4 Å². The van der Waals surface area contributed by atoms with E-state index in [1.54, 1.807) is 13.2 Å². The Kier molecular flexibility index (Phi) is 3.43. The highest BCUT2D eigenvalue weighted by atomic mass is 32.2. The van der Waals surface area contributed by atoms with E-state index in [2.05, 4.69) is 9.97 Å². The number of aromatic nitrogens is 2. The Labute approximate surface area is 120 Å². The number of nitrogens with zero attached hydrogens (tertiary/aromatic N) is 1. The molecule has 0 radical (unpaired) electrons. The van der Waals surface area contributed by atoms with Crippen molar-refractivity contribution in [2.45, 2.75) is 10.1 Å². The number of nitrogens with one attached hydrogen (secondary N) is 1. The summed E-state index contributed by atoms with van der Waals surface area (Å²) in [5, 5.41) is 0.752. The lowest BCUT2D eigenvalue weighted by atomic mass is 10.2. The number of ether oxygens (including phenoxy) is 1. The number of rotatable bonds is 4. The van der Waals surface area contributed by atoms with Gasteiger partial charge in [0.2, 0.25) is 0 Å². The summed E-state index contributed by atoms with van der Waals surface area (Å²) < 4.78 is 5.19. The molecular weight excluding hydrogens is 272 g/mol. The van der Waals surface area contributed by atoms with E-state index in [1.807, 2.05) is 36.4 Å². The van der Waals surface area contributed by atoms with E-state index >= 15 is 0 Å². The minimum atomic E-state index is 0.663. The third-order valence-electron chi connectivity index (χ3n) is 2.92. The smallest absolute Gasteiger partial charge is 0.171 e. The number of hydrogen-bond acceptors (Lipinski definition) is 4. The van der Waals surface area contributed by atoms with Crippen molar-refractivity contribution >= 4 is 29.1 Å². The molecule has 1 N–H and O–H groups in total. The monoisotopic (exact) mass is 284 g/mol. The van der Waals surface area contributed by atoms with E-state index in [0.717, 1.165) is 33.1 Å². The predicted molar refractivity (Wildman–Crippen MR) is 78.6 cm³/mol. The molecule has 0 aliphatic rings. The highest BCUT2D eigenvalue weighted by Crippen LogP contribution is 2.30. The standard InChI is InChI=1S/C15H12N2O2S/c1-19-11-6-7-12-13(8-11)17-15(16-12)20-14-5-3-2-4-10(14)9-18/h2-9H,1H3,(H,16,17). The van der Waals surface area contributed by atoms with Crippen LogP contribution in [0.2, 0.25) is 0 Å². The molecular formula is C15H12N2O2S. The van der Waals surface area contributed by atoms with Gasteiger partial charge in [-0.1, -0.05) is 30.0 Å². The normalized spacial score (nSPS) is 10.7. The first kappa shape index (κ1) is 12.7. The molecule has 0 fully saturated rings. The Morgan fingerprint density at radius 3 is 2.90 bits per heavy atom. The van der Waals surface area contributed by atoms with Gasteiger partial charge in [-0.3, -0.25) is 4.79 Å². The third kappa shape index (κ3) is 2.40. The maximum Gasteiger partial charge on any atom is 0.171 e. The average molecular weight is 284 g/mol. The molecule has 0 saturated heterocycles. The molecule has 0 atom stereocenters. The van der Waals surface area contributed by atoms with Crippen LogP contribution in [0.5, 0.6) is 5.75 Å². The van der Waals surface area contributed by atoms with Crippen molar-refractivity contribution in [3.63, 3.8) is 0 Å². The third-order valence-corrected chi connectivity index (χ3v) is 3.90. The molecule has 0 aliphatic heterocycles. The molecule has 1 heterocycles. The first-order valence-electron chi connectivity index (χ1n) is 6.06. The SMILES string of the molecule is COc1ccc2nc(Sc3ccccc3C=O)[nH]c2c1. The molecule has 1 aromatic heterocycles. The minimum Gasteiger partial charge on any atom is -0.497 e. The van der Waals surface area contributed by atoms with Gasteiger partial charge < -0.3 is 9.72 Å². The summed E-state index contributed by atoms with van der Waals surface area (Å²) in [5.74, 6) is 0.783.